The van der Waals surface area contributed by atoms with Gasteiger partial charge in [-0.05, 0) is 55.4 Å². The van der Waals surface area contributed by atoms with E-state index in [1.807, 2.05) is 23.7 Å². The molecule has 0 radical (unpaired) electrons. The molecule has 2 aromatic carbocycles. The van der Waals surface area contributed by atoms with Crippen LogP contribution in [0.25, 0.3) is 11.0 Å². The Bertz CT molecular complexity index is 1070. The zero-order valence-corrected chi connectivity index (χ0v) is 19.8. The Morgan fingerprint density at radius 3 is 2.40 bits per heavy atom. The van der Waals surface area contributed by atoms with Gasteiger partial charge in [-0.1, -0.05) is 54.7 Å². The first-order valence-electron chi connectivity index (χ1n) is 10.5. The summed E-state index contributed by atoms with van der Waals surface area (Å²) in [5.74, 6) is 1.02. The Morgan fingerprint density at radius 1 is 1.03 bits per heavy atom. The Hall–Kier alpha value is -1.62. The lowest BCUT2D eigenvalue weighted by Gasteiger charge is -2.22. The van der Waals surface area contributed by atoms with E-state index in [9.17, 15) is 0 Å². The van der Waals surface area contributed by atoms with Crippen molar-refractivity contribution in [3.8, 4) is 11.8 Å². The number of ether oxygens (including phenoxy) is 1. The Balaban J connectivity index is 1.83. The van der Waals surface area contributed by atoms with Gasteiger partial charge >= 0.3 is 6.01 Å². The molecule has 2 heterocycles. The second-order valence-electron chi connectivity index (χ2n) is 7.83. The van der Waals surface area contributed by atoms with Crippen molar-refractivity contribution in [1.82, 2.24) is 9.55 Å². The number of hydrogen-bond acceptors (Lipinski definition) is 3. The average molecular weight is 467 g/mol. The number of aromatic nitrogens is 2. The molecule has 3 aromatic rings. The molecule has 0 N–H and O–H groups in total. The largest absolute Gasteiger partial charge is 0.422 e. The van der Waals surface area contributed by atoms with Crippen LogP contribution in [-0.2, 0) is 7.05 Å². The van der Waals surface area contributed by atoms with Crippen molar-refractivity contribution in [2.45, 2.75) is 45.4 Å². The monoisotopic (exact) mass is 465 g/mol. The molecule has 1 aliphatic rings. The van der Waals surface area contributed by atoms with Gasteiger partial charge in [-0.15, -0.1) is 0 Å². The van der Waals surface area contributed by atoms with Crippen molar-refractivity contribution < 1.29 is 4.74 Å². The van der Waals surface area contributed by atoms with E-state index in [1.54, 1.807) is 6.07 Å². The number of imidazole rings is 1. The summed E-state index contributed by atoms with van der Waals surface area (Å²) in [7, 11) is 1.96. The smallest absolute Gasteiger partial charge is 0.302 e. The van der Waals surface area contributed by atoms with E-state index >= 15 is 0 Å². The zero-order chi connectivity index (χ0) is 21.4. The second kappa shape index (κ2) is 8.86. The van der Waals surface area contributed by atoms with E-state index in [2.05, 4.69) is 24.8 Å². The number of anilines is 1. The lowest BCUT2D eigenvalue weighted by atomic mass is 9.93. The maximum absolute atomic E-state index is 6.57. The average Bonchev–Trinajstić information content (AvgIpc) is 3.36. The summed E-state index contributed by atoms with van der Waals surface area (Å²) < 4.78 is 8.32. The number of halogens is 3. The lowest BCUT2D eigenvalue weighted by Crippen LogP contribution is -2.18. The topological polar surface area (TPSA) is 30.3 Å². The van der Waals surface area contributed by atoms with Gasteiger partial charge in [0, 0.05) is 25.2 Å². The minimum atomic E-state index is 0.437. The third kappa shape index (κ3) is 3.86. The normalized spacial score (nSPS) is 14.3. The van der Waals surface area contributed by atoms with Crippen LogP contribution in [0.2, 0.25) is 15.1 Å². The van der Waals surface area contributed by atoms with Gasteiger partial charge in [0.25, 0.3) is 0 Å². The van der Waals surface area contributed by atoms with Crippen molar-refractivity contribution in [2.75, 3.05) is 18.0 Å². The Morgan fingerprint density at radius 2 is 1.73 bits per heavy atom. The van der Waals surface area contributed by atoms with Crippen molar-refractivity contribution >= 4 is 51.5 Å². The molecule has 0 amide bonds. The lowest BCUT2D eigenvalue weighted by molar-refractivity contribution is 0.427. The molecular formula is C23H26Cl3N3O. The highest BCUT2D eigenvalue weighted by Gasteiger charge is 2.24. The first kappa shape index (κ1) is 21.6. The molecule has 1 aromatic heterocycles. The van der Waals surface area contributed by atoms with Crippen LogP contribution < -0.4 is 9.64 Å². The van der Waals surface area contributed by atoms with E-state index in [4.69, 9.17) is 44.5 Å². The molecule has 0 unspecified atom stereocenters. The van der Waals surface area contributed by atoms with E-state index in [1.165, 1.54) is 5.56 Å². The minimum Gasteiger partial charge on any atom is -0.422 e. The minimum absolute atomic E-state index is 0.437. The fourth-order valence-corrected chi connectivity index (χ4v) is 5.09. The molecule has 7 heteroatoms. The van der Waals surface area contributed by atoms with Crippen molar-refractivity contribution in [1.29, 1.82) is 0 Å². The SMILES string of the molecule is CCC(CC)c1ccc(Cl)c2nc(Oc3c(Cl)cc(Cl)cc3N3CCCC3)n(C)c12. The fraction of sp³-hybridized carbons (Fsp3) is 0.435. The van der Waals surface area contributed by atoms with Crippen molar-refractivity contribution in [3.05, 3.63) is 44.9 Å². The highest BCUT2D eigenvalue weighted by molar-refractivity contribution is 6.36. The van der Waals surface area contributed by atoms with Crippen LogP contribution in [0.5, 0.6) is 11.8 Å². The molecule has 0 aliphatic carbocycles. The van der Waals surface area contributed by atoms with Gasteiger partial charge in [0.1, 0.15) is 5.52 Å². The molecule has 0 saturated carbocycles. The van der Waals surface area contributed by atoms with Gasteiger partial charge < -0.3 is 9.64 Å². The summed E-state index contributed by atoms with van der Waals surface area (Å²) >= 11 is 19.4. The van der Waals surface area contributed by atoms with Gasteiger partial charge in [-0.3, -0.25) is 4.57 Å². The van der Waals surface area contributed by atoms with Gasteiger partial charge in [0.2, 0.25) is 0 Å². The van der Waals surface area contributed by atoms with E-state index in [-0.39, 0.29) is 0 Å². The predicted octanol–water partition coefficient (Wildman–Crippen LogP) is 7.83. The van der Waals surface area contributed by atoms with Crippen LogP contribution in [-0.4, -0.2) is 22.6 Å². The van der Waals surface area contributed by atoms with Gasteiger partial charge in [0.15, 0.2) is 5.75 Å². The van der Waals surface area contributed by atoms with Crippen molar-refractivity contribution in [2.24, 2.45) is 7.05 Å². The van der Waals surface area contributed by atoms with Gasteiger partial charge in [-0.2, -0.15) is 4.98 Å². The number of aryl methyl sites for hydroxylation is 1. The zero-order valence-electron chi connectivity index (χ0n) is 17.5. The molecular weight excluding hydrogens is 441 g/mol. The van der Waals surface area contributed by atoms with Crippen LogP contribution in [0.4, 0.5) is 5.69 Å². The summed E-state index contributed by atoms with van der Waals surface area (Å²) in [5, 5.41) is 1.69. The van der Waals surface area contributed by atoms with Crippen LogP contribution in [0.3, 0.4) is 0 Å². The van der Waals surface area contributed by atoms with Crippen LogP contribution in [0.15, 0.2) is 24.3 Å². The summed E-state index contributed by atoms with van der Waals surface area (Å²) in [4.78, 5) is 7.01. The van der Waals surface area contributed by atoms with Crippen molar-refractivity contribution in [3.63, 3.8) is 0 Å². The van der Waals surface area contributed by atoms with Crippen LogP contribution >= 0.6 is 34.8 Å². The number of hydrogen-bond donors (Lipinski definition) is 0. The van der Waals surface area contributed by atoms with E-state index in [0.717, 1.165) is 55.5 Å². The first-order valence-corrected chi connectivity index (χ1v) is 11.6. The fourth-order valence-electron chi connectivity index (χ4n) is 4.38. The Kier molecular flexibility index (Phi) is 6.38. The number of nitrogens with zero attached hydrogens (tertiary/aromatic N) is 3. The molecule has 160 valence electrons. The van der Waals surface area contributed by atoms with Crippen LogP contribution in [0, 0.1) is 0 Å². The highest BCUT2D eigenvalue weighted by Crippen LogP contribution is 2.43. The Labute approximate surface area is 192 Å². The summed E-state index contributed by atoms with van der Waals surface area (Å²) in [6, 6.07) is 8.13. The molecule has 30 heavy (non-hydrogen) atoms. The first-order chi connectivity index (χ1) is 14.4. The van der Waals surface area contributed by atoms with Crippen LogP contribution in [0.1, 0.15) is 51.0 Å². The molecule has 1 saturated heterocycles. The number of fused-ring (bicyclic) bond motifs is 1. The number of benzene rings is 2. The third-order valence-electron chi connectivity index (χ3n) is 6.02. The maximum atomic E-state index is 6.57. The molecule has 4 rings (SSSR count). The second-order valence-corrected chi connectivity index (χ2v) is 9.08. The molecule has 1 fully saturated rings. The number of rotatable bonds is 6. The summed E-state index contributed by atoms with van der Waals surface area (Å²) in [6.07, 6.45) is 4.39. The maximum Gasteiger partial charge on any atom is 0.302 e. The summed E-state index contributed by atoms with van der Waals surface area (Å²) in [5.41, 5.74) is 3.92. The standard InChI is InChI=1S/C23H26Cl3N3O/c1-4-14(5-2)16-8-9-17(25)20-21(16)28(3)23(27-20)30-22-18(26)12-15(24)13-19(22)29-10-6-7-11-29/h8-9,12-14H,4-7,10-11H2,1-3H3. The molecule has 0 bridgehead atoms. The molecule has 1 aliphatic heterocycles. The molecule has 4 nitrogen and oxygen atoms in total. The third-order valence-corrected chi connectivity index (χ3v) is 6.82. The van der Waals surface area contributed by atoms with Gasteiger partial charge in [0.05, 0.1) is 21.2 Å². The highest BCUT2D eigenvalue weighted by atomic mass is 35.5. The van der Waals surface area contributed by atoms with E-state index in [0.29, 0.717) is 32.7 Å². The van der Waals surface area contributed by atoms with Gasteiger partial charge in [-0.25, -0.2) is 0 Å². The van der Waals surface area contributed by atoms with E-state index < -0.39 is 0 Å². The predicted molar refractivity (Wildman–Crippen MR) is 127 cm³/mol. The summed E-state index contributed by atoms with van der Waals surface area (Å²) in [6.45, 7) is 6.33. The quantitative estimate of drug-likeness (QED) is 0.371. The molecule has 0 spiro atoms. The molecule has 0 atom stereocenters.